The van der Waals surface area contributed by atoms with E-state index in [9.17, 15) is 4.79 Å². The van der Waals surface area contributed by atoms with Crippen molar-refractivity contribution in [2.75, 3.05) is 13.1 Å². The summed E-state index contributed by atoms with van der Waals surface area (Å²) in [5.41, 5.74) is 8.55. The first-order valence-corrected chi connectivity index (χ1v) is 6.84. The molecular weight excluding hydrogens is 224 g/mol. The van der Waals surface area contributed by atoms with Gasteiger partial charge in [0.1, 0.15) is 0 Å². The average molecular weight is 244 g/mol. The molecule has 1 aliphatic heterocycles. The van der Waals surface area contributed by atoms with E-state index < -0.39 is 0 Å². The quantitative estimate of drug-likeness (QED) is 0.853. The Labute approximate surface area is 108 Å². The van der Waals surface area contributed by atoms with Gasteiger partial charge in [0.05, 0.1) is 0 Å². The fourth-order valence-electron chi connectivity index (χ4n) is 3.26. The molecule has 18 heavy (non-hydrogen) atoms. The van der Waals surface area contributed by atoms with Crippen molar-refractivity contribution in [1.82, 2.24) is 4.90 Å². The monoisotopic (exact) mass is 244 g/mol. The lowest BCUT2D eigenvalue weighted by molar-refractivity contribution is -0.129. The molecule has 0 spiro atoms. The van der Waals surface area contributed by atoms with Crippen LogP contribution in [0.15, 0.2) is 24.3 Å². The van der Waals surface area contributed by atoms with Crippen LogP contribution in [-0.4, -0.2) is 29.9 Å². The minimum Gasteiger partial charge on any atom is -0.339 e. The molecule has 0 aromatic heterocycles. The topological polar surface area (TPSA) is 46.3 Å². The molecule has 1 aliphatic carbocycles. The van der Waals surface area contributed by atoms with Gasteiger partial charge in [0.2, 0.25) is 5.91 Å². The molecule has 0 radical (unpaired) electrons. The minimum absolute atomic E-state index is 0.301. The van der Waals surface area contributed by atoms with Crippen LogP contribution in [0.25, 0.3) is 0 Å². The second-order valence-corrected chi connectivity index (χ2v) is 5.52. The van der Waals surface area contributed by atoms with Gasteiger partial charge in [-0.25, -0.2) is 0 Å². The van der Waals surface area contributed by atoms with Crippen molar-refractivity contribution in [3.63, 3.8) is 0 Å². The van der Waals surface area contributed by atoms with E-state index in [2.05, 4.69) is 29.2 Å². The van der Waals surface area contributed by atoms with Gasteiger partial charge in [0, 0.05) is 19.0 Å². The highest BCUT2D eigenvalue weighted by Gasteiger charge is 2.34. The maximum atomic E-state index is 12.0. The van der Waals surface area contributed by atoms with E-state index in [1.807, 2.05) is 0 Å². The predicted molar refractivity (Wildman–Crippen MR) is 71.1 cm³/mol. The van der Waals surface area contributed by atoms with Gasteiger partial charge in [0.15, 0.2) is 0 Å². The number of carbonyl (C=O) groups excluding carboxylic acids is 1. The number of carbonyl (C=O) groups is 1. The summed E-state index contributed by atoms with van der Waals surface area (Å²) in [5.74, 6) is 0.671. The molecule has 3 heteroatoms. The number of amides is 1. The normalized spacial score (nSPS) is 27.4. The lowest BCUT2D eigenvalue weighted by Gasteiger charge is -2.32. The number of fused-ring (bicyclic) bond motifs is 1. The van der Waals surface area contributed by atoms with Crippen molar-refractivity contribution < 1.29 is 4.79 Å². The molecule has 1 aromatic rings. The minimum atomic E-state index is 0.301. The summed E-state index contributed by atoms with van der Waals surface area (Å²) in [6, 6.07) is 8.99. The Balaban J connectivity index is 1.74. The SMILES string of the molecule is NCC1CC(=O)N(C2CCc3ccccc3C2)C1. The van der Waals surface area contributed by atoms with E-state index in [1.54, 1.807) is 0 Å². The summed E-state index contributed by atoms with van der Waals surface area (Å²) < 4.78 is 0. The van der Waals surface area contributed by atoms with Crippen LogP contribution in [0.3, 0.4) is 0 Å². The molecule has 96 valence electrons. The Bertz CT molecular complexity index is 458. The van der Waals surface area contributed by atoms with Crippen LogP contribution in [0.4, 0.5) is 0 Å². The van der Waals surface area contributed by atoms with Gasteiger partial charge in [-0.05, 0) is 42.9 Å². The van der Waals surface area contributed by atoms with Crippen molar-refractivity contribution >= 4 is 5.91 Å². The molecule has 2 unspecified atom stereocenters. The Kier molecular flexibility index (Phi) is 3.08. The zero-order valence-corrected chi connectivity index (χ0v) is 10.6. The molecule has 0 saturated carbocycles. The molecule has 1 amide bonds. The highest BCUT2D eigenvalue weighted by molar-refractivity contribution is 5.79. The number of hydrogen-bond acceptors (Lipinski definition) is 2. The van der Waals surface area contributed by atoms with Crippen LogP contribution in [0.2, 0.25) is 0 Å². The van der Waals surface area contributed by atoms with Gasteiger partial charge >= 0.3 is 0 Å². The molecule has 1 aromatic carbocycles. The van der Waals surface area contributed by atoms with Crippen LogP contribution in [0, 0.1) is 5.92 Å². The van der Waals surface area contributed by atoms with E-state index in [-0.39, 0.29) is 0 Å². The molecule has 1 heterocycles. The second-order valence-electron chi connectivity index (χ2n) is 5.52. The van der Waals surface area contributed by atoms with Crippen molar-refractivity contribution in [3.8, 4) is 0 Å². The Hall–Kier alpha value is -1.35. The van der Waals surface area contributed by atoms with Gasteiger partial charge < -0.3 is 10.6 Å². The molecular formula is C15H20N2O. The third kappa shape index (κ3) is 2.03. The summed E-state index contributed by atoms with van der Waals surface area (Å²) >= 11 is 0. The van der Waals surface area contributed by atoms with Crippen molar-refractivity contribution in [2.24, 2.45) is 11.7 Å². The van der Waals surface area contributed by atoms with Gasteiger partial charge in [-0.15, -0.1) is 0 Å². The zero-order valence-electron chi connectivity index (χ0n) is 10.6. The number of nitrogens with two attached hydrogens (primary N) is 1. The first-order valence-electron chi connectivity index (χ1n) is 6.84. The number of likely N-dealkylation sites (tertiary alicyclic amines) is 1. The number of hydrogen-bond donors (Lipinski definition) is 1. The van der Waals surface area contributed by atoms with Crippen LogP contribution in [-0.2, 0) is 17.6 Å². The van der Waals surface area contributed by atoms with Crippen LogP contribution >= 0.6 is 0 Å². The maximum absolute atomic E-state index is 12.0. The van der Waals surface area contributed by atoms with Crippen molar-refractivity contribution in [1.29, 1.82) is 0 Å². The first-order chi connectivity index (χ1) is 8.78. The summed E-state index contributed by atoms with van der Waals surface area (Å²) in [6.07, 6.45) is 3.85. The van der Waals surface area contributed by atoms with E-state index in [0.717, 1.165) is 25.8 Å². The summed E-state index contributed by atoms with van der Waals surface area (Å²) in [7, 11) is 0. The van der Waals surface area contributed by atoms with Gasteiger partial charge in [-0.3, -0.25) is 4.79 Å². The summed E-state index contributed by atoms with van der Waals surface area (Å²) in [4.78, 5) is 14.1. The highest BCUT2D eigenvalue weighted by atomic mass is 16.2. The molecule has 3 rings (SSSR count). The lowest BCUT2D eigenvalue weighted by Crippen LogP contribution is -2.40. The highest BCUT2D eigenvalue weighted by Crippen LogP contribution is 2.28. The van der Waals surface area contributed by atoms with Gasteiger partial charge in [-0.1, -0.05) is 24.3 Å². The first kappa shape index (κ1) is 11.7. The molecule has 1 saturated heterocycles. The molecule has 2 atom stereocenters. The van der Waals surface area contributed by atoms with E-state index in [1.165, 1.54) is 11.1 Å². The average Bonchev–Trinajstić information content (AvgIpc) is 2.79. The van der Waals surface area contributed by atoms with Crippen molar-refractivity contribution in [2.45, 2.75) is 31.7 Å². The Morgan fingerprint density at radius 3 is 2.72 bits per heavy atom. The van der Waals surface area contributed by atoms with E-state index in [4.69, 9.17) is 5.73 Å². The van der Waals surface area contributed by atoms with E-state index in [0.29, 0.717) is 30.8 Å². The predicted octanol–water partition coefficient (Wildman–Crippen LogP) is 1.35. The molecule has 1 fully saturated rings. The van der Waals surface area contributed by atoms with Gasteiger partial charge in [0.25, 0.3) is 0 Å². The molecule has 2 aliphatic rings. The Morgan fingerprint density at radius 2 is 2.00 bits per heavy atom. The fourth-order valence-corrected chi connectivity index (χ4v) is 3.26. The van der Waals surface area contributed by atoms with Gasteiger partial charge in [-0.2, -0.15) is 0 Å². The summed E-state index contributed by atoms with van der Waals surface area (Å²) in [6.45, 7) is 1.49. The van der Waals surface area contributed by atoms with Crippen LogP contribution in [0.1, 0.15) is 24.0 Å². The maximum Gasteiger partial charge on any atom is 0.223 e. The van der Waals surface area contributed by atoms with Crippen molar-refractivity contribution in [3.05, 3.63) is 35.4 Å². The zero-order chi connectivity index (χ0) is 12.5. The second kappa shape index (κ2) is 4.73. The lowest BCUT2D eigenvalue weighted by atomic mass is 9.87. The van der Waals surface area contributed by atoms with E-state index >= 15 is 0 Å². The van der Waals surface area contributed by atoms with Crippen LogP contribution in [0.5, 0.6) is 0 Å². The largest absolute Gasteiger partial charge is 0.339 e. The number of nitrogens with zero attached hydrogens (tertiary/aromatic N) is 1. The summed E-state index contributed by atoms with van der Waals surface area (Å²) in [5, 5.41) is 0. The number of rotatable bonds is 2. The fraction of sp³-hybridized carbons (Fsp3) is 0.533. The molecule has 3 nitrogen and oxygen atoms in total. The third-order valence-corrected chi connectivity index (χ3v) is 4.33. The third-order valence-electron chi connectivity index (χ3n) is 4.33. The molecule has 2 N–H and O–H groups in total. The van der Waals surface area contributed by atoms with Crippen LogP contribution < -0.4 is 5.73 Å². The Morgan fingerprint density at radius 1 is 1.22 bits per heavy atom. The smallest absolute Gasteiger partial charge is 0.223 e. The number of aryl methyl sites for hydroxylation is 1. The standard InChI is InChI=1S/C15H20N2O/c16-9-11-7-15(18)17(10-11)14-6-5-12-3-1-2-4-13(12)8-14/h1-4,11,14H,5-10,16H2. The number of benzene rings is 1. The molecule has 0 bridgehead atoms.